The molecule has 1 rings (SSSR count). The molecule has 1 unspecified atom stereocenters. The number of esters is 1. The van der Waals surface area contributed by atoms with Crippen molar-refractivity contribution in [3.63, 3.8) is 0 Å². The highest BCUT2D eigenvalue weighted by Gasteiger charge is 2.41. The molecule has 4 nitrogen and oxygen atoms in total. The predicted octanol–water partition coefficient (Wildman–Crippen LogP) is 7.66. The van der Waals surface area contributed by atoms with E-state index in [4.69, 9.17) is 9.16 Å². The average molecular weight is 515 g/mol. The van der Waals surface area contributed by atoms with Gasteiger partial charge in [0.15, 0.2) is 8.32 Å². The summed E-state index contributed by atoms with van der Waals surface area (Å²) in [4.78, 5) is 17.5. The Balaban J connectivity index is 2.93. The van der Waals surface area contributed by atoms with Crippen molar-refractivity contribution in [3.8, 4) is 0 Å². The summed E-state index contributed by atoms with van der Waals surface area (Å²) in [5.41, 5.74) is -0.361. The second-order valence-corrected chi connectivity index (χ2v) is 18.0. The molecule has 0 aromatic carbocycles. The van der Waals surface area contributed by atoms with E-state index in [0.717, 1.165) is 29.5 Å². The molecule has 0 aliphatic heterocycles. The van der Waals surface area contributed by atoms with Gasteiger partial charge in [-0.1, -0.05) is 41.0 Å². The quantitative estimate of drug-likeness (QED) is 0.251. The van der Waals surface area contributed by atoms with E-state index in [1.54, 1.807) is 12.4 Å². The van der Waals surface area contributed by atoms with Crippen molar-refractivity contribution >= 4 is 30.2 Å². The van der Waals surface area contributed by atoms with Crippen LogP contribution in [0.4, 0.5) is 0 Å². The Labute approximate surface area is 200 Å². The van der Waals surface area contributed by atoms with Crippen LogP contribution in [0.15, 0.2) is 22.9 Å². The summed E-state index contributed by atoms with van der Waals surface area (Å²) < 4.78 is 13.2. The number of halogens is 1. The summed E-state index contributed by atoms with van der Waals surface area (Å²) in [5, 5.41) is 0.200. The van der Waals surface area contributed by atoms with Gasteiger partial charge in [-0.25, -0.2) is 0 Å². The summed E-state index contributed by atoms with van der Waals surface area (Å²) >= 11 is 3.49. The fourth-order valence-corrected chi connectivity index (χ4v) is 4.60. The van der Waals surface area contributed by atoms with Crippen LogP contribution in [0.5, 0.6) is 0 Å². The number of aromatic nitrogens is 1. The van der Waals surface area contributed by atoms with Gasteiger partial charge in [-0.15, -0.1) is 0 Å². The zero-order chi connectivity index (χ0) is 24.3. The molecule has 0 saturated heterocycles. The first-order valence-electron chi connectivity index (χ1n) is 11.3. The molecule has 0 saturated carbocycles. The van der Waals surface area contributed by atoms with Gasteiger partial charge in [-0.05, 0) is 91.6 Å². The number of hydrogen-bond acceptors (Lipinski definition) is 4. The van der Waals surface area contributed by atoms with Crippen LogP contribution in [0.25, 0.3) is 0 Å². The van der Waals surface area contributed by atoms with Crippen LogP contribution in [0.3, 0.4) is 0 Å². The lowest BCUT2D eigenvalue weighted by Crippen LogP contribution is -2.43. The molecule has 1 heterocycles. The monoisotopic (exact) mass is 513 g/mol. The Hall–Kier alpha value is -0.723. The highest BCUT2D eigenvalue weighted by Crippen LogP contribution is 2.39. The van der Waals surface area contributed by atoms with Crippen molar-refractivity contribution in [2.45, 2.75) is 111 Å². The second-order valence-electron chi connectivity index (χ2n) is 12.3. The van der Waals surface area contributed by atoms with Gasteiger partial charge in [0.2, 0.25) is 0 Å². The number of ether oxygens (including phenoxy) is 1. The van der Waals surface area contributed by atoms with E-state index < -0.39 is 19.3 Å². The summed E-state index contributed by atoms with van der Waals surface area (Å²) in [7, 11) is -1.78. The topological polar surface area (TPSA) is 48.4 Å². The summed E-state index contributed by atoms with van der Waals surface area (Å²) in [6, 6.07) is 1.97. The van der Waals surface area contributed by atoms with Crippen molar-refractivity contribution in [1.29, 1.82) is 0 Å². The molecule has 1 aromatic heterocycles. The molecule has 0 bridgehead atoms. The number of carbonyl (C=O) groups excluding carboxylic acids is 1. The molecule has 0 radical (unpaired) electrons. The zero-order valence-corrected chi connectivity index (χ0v) is 24.2. The van der Waals surface area contributed by atoms with Gasteiger partial charge < -0.3 is 9.16 Å². The Bertz CT molecular complexity index is 750. The molecule has 0 fully saturated rings. The standard InChI is InChI=1S/C25H44BrNO3Si/c1-22(2,3)30-21(28)25(9,19-15-20(26)17-27-16-19)14-12-13-24(7,8)18-29-31(10,11)23(4,5)6/h15-17H,12-14,18H2,1-11H3. The predicted molar refractivity (Wildman–Crippen MR) is 136 cm³/mol. The van der Waals surface area contributed by atoms with Crippen LogP contribution in [-0.2, 0) is 19.4 Å². The molecule has 0 aliphatic carbocycles. The lowest BCUT2D eigenvalue weighted by Gasteiger charge is -2.39. The molecule has 178 valence electrons. The molecule has 6 heteroatoms. The van der Waals surface area contributed by atoms with E-state index >= 15 is 0 Å². The van der Waals surface area contributed by atoms with Crippen LogP contribution in [0.1, 0.15) is 87.1 Å². The minimum atomic E-state index is -1.78. The van der Waals surface area contributed by atoms with Crippen LogP contribution in [-0.4, -0.2) is 31.5 Å². The first kappa shape index (κ1) is 28.3. The third-order valence-corrected chi connectivity index (χ3v) is 11.3. The Morgan fingerprint density at radius 3 is 2.06 bits per heavy atom. The van der Waals surface area contributed by atoms with Gasteiger partial charge in [0.05, 0.1) is 5.41 Å². The maximum Gasteiger partial charge on any atom is 0.316 e. The lowest BCUT2D eigenvalue weighted by molar-refractivity contribution is -0.162. The maximum absolute atomic E-state index is 13.2. The molecule has 1 aromatic rings. The highest BCUT2D eigenvalue weighted by molar-refractivity contribution is 9.10. The first-order valence-corrected chi connectivity index (χ1v) is 15.0. The fraction of sp³-hybridized carbons (Fsp3) is 0.760. The van der Waals surface area contributed by atoms with E-state index in [0.29, 0.717) is 6.42 Å². The Kier molecular flexibility index (Phi) is 9.17. The third-order valence-electron chi connectivity index (χ3n) is 6.35. The average Bonchev–Trinajstić information content (AvgIpc) is 2.57. The van der Waals surface area contributed by atoms with Crippen molar-refractivity contribution in [1.82, 2.24) is 4.98 Å². The van der Waals surface area contributed by atoms with Gasteiger partial charge >= 0.3 is 5.97 Å². The molecule has 0 spiro atoms. The summed E-state index contributed by atoms with van der Waals surface area (Å²) in [6.45, 7) is 24.3. The highest BCUT2D eigenvalue weighted by atomic mass is 79.9. The largest absolute Gasteiger partial charge is 0.459 e. The summed E-state index contributed by atoms with van der Waals surface area (Å²) in [5.74, 6) is -0.199. The minimum Gasteiger partial charge on any atom is -0.459 e. The lowest BCUT2D eigenvalue weighted by atomic mass is 9.76. The molecule has 31 heavy (non-hydrogen) atoms. The molecule has 0 amide bonds. The Morgan fingerprint density at radius 2 is 1.58 bits per heavy atom. The van der Waals surface area contributed by atoms with Crippen molar-refractivity contribution in [2.24, 2.45) is 5.41 Å². The first-order chi connectivity index (χ1) is 13.8. The van der Waals surface area contributed by atoms with E-state index in [1.165, 1.54) is 0 Å². The van der Waals surface area contributed by atoms with E-state index in [9.17, 15) is 4.79 Å². The maximum atomic E-state index is 13.2. The van der Waals surface area contributed by atoms with Gasteiger partial charge in [-0.2, -0.15) is 0 Å². The van der Waals surface area contributed by atoms with Crippen LogP contribution >= 0.6 is 15.9 Å². The minimum absolute atomic E-state index is 0.0416. The smallest absolute Gasteiger partial charge is 0.316 e. The number of hydrogen-bond donors (Lipinski definition) is 0. The summed E-state index contributed by atoms with van der Waals surface area (Å²) in [6.07, 6.45) is 6.09. The van der Waals surface area contributed by atoms with Gasteiger partial charge in [0, 0.05) is 23.5 Å². The number of nitrogens with zero attached hydrogens (tertiary/aromatic N) is 1. The van der Waals surface area contributed by atoms with E-state index in [2.05, 4.69) is 68.6 Å². The Morgan fingerprint density at radius 1 is 1.00 bits per heavy atom. The molecule has 0 aliphatic rings. The van der Waals surface area contributed by atoms with E-state index in [1.807, 2.05) is 33.8 Å². The molecule has 0 N–H and O–H groups in total. The SMILES string of the molecule is CC(C)(CCCC(C)(C(=O)OC(C)(C)C)c1cncc(Br)c1)CO[Si](C)(C)C(C)(C)C. The molecular weight excluding hydrogens is 470 g/mol. The van der Waals surface area contributed by atoms with Gasteiger partial charge in [0.1, 0.15) is 5.60 Å². The van der Waals surface area contributed by atoms with Gasteiger partial charge in [0.25, 0.3) is 0 Å². The normalized spacial score (nSPS) is 15.5. The molecular formula is C25H44BrNO3Si. The number of carbonyl (C=O) groups is 1. The third kappa shape index (κ3) is 8.62. The molecule has 1 atom stereocenters. The van der Waals surface area contributed by atoms with E-state index in [-0.39, 0.29) is 16.4 Å². The van der Waals surface area contributed by atoms with Crippen LogP contribution in [0, 0.1) is 5.41 Å². The van der Waals surface area contributed by atoms with Crippen LogP contribution in [0.2, 0.25) is 18.1 Å². The number of pyridine rings is 1. The van der Waals surface area contributed by atoms with Crippen molar-refractivity contribution in [3.05, 3.63) is 28.5 Å². The second kappa shape index (κ2) is 10.0. The van der Waals surface area contributed by atoms with Crippen molar-refractivity contribution < 1.29 is 14.0 Å². The fourth-order valence-electron chi connectivity index (χ4n) is 3.05. The van der Waals surface area contributed by atoms with Crippen LogP contribution < -0.4 is 0 Å². The van der Waals surface area contributed by atoms with Crippen molar-refractivity contribution in [2.75, 3.05) is 6.61 Å². The zero-order valence-electron chi connectivity index (χ0n) is 21.6. The van der Waals surface area contributed by atoms with Gasteiger partial charge in [-0.3, -0.25) is 9.78 Å². The number of rotatable bonds is 9.